The third-order valence-electron chi connectivity index (χ3n) is 4.72. The zero-order valence-corrected chi connectivity index (χ0v) is 15.3. The topological polar surface area (TPSA) is 6.48 Å². The molecular weight excluding hydrogens is 380 g/mol. The number of rotatable bonds is 2. The third kappa shape index (κ3) is 2.79. The molecule has 0 aromatic heterocycles. The summed E-state index contributed by atoms with van der Waals surface area (Å²) in [5.41, 5.74) is 1.35. The van der Waals surface area contributed by atoms with Crippen LogP contribution in [0.2, 0.25) is 0 Å². The average molecular weight is 402 g/mol. The predicted octanol–water partition coefficient (Wildman–Crippen LogP) is 4.52. The lowest BCUT2D eigenvalue weighted by Crippen LogP contribution is -2.58. The van der Waals surface area contributed by atoms with Crippen LogP contribution in [0.4, 0.5) is 5.69 Å². The van der Waals surface area contributed by atoms with Gasteiger partial charge in [-0.25, -0.2) is 0 Å². The van der Waals surface area contributed by atoms with E-state index in [1.54, 1.807) is 0 Å². The molecule has 2 aliphatic rings. The van der Waals surface area contributed by atoms with Crippen LogP contribution in [0.5, 0.6) is 0 Å². The summed E-state index contributed by atoms with van der Waals surface area (Å²) in [5, 5.41) is 0. The smallest absolute Gasteiger partial charge is 0.0515 e. The Bertz CT molecular complexity index is 489. The molecule has 4 heteroatoms. The normalized spacial score (nSPS) is 27.1. The van der Waals surface area contributed by atoms with E-state index in [1.165, 1.54) is 42.6 Å². The molecule has 2 heterocycles. The molecule has 0 bridgehead atoms. The van der Waals surface area contributed by atoms with Gasteiger partial charge < -0.3 is 4.90 Å². The number of benzene rings is 1. The van der Waals surface area contributed by atoms with E-state index in [0.717, 1.165) is 10.5 Å². The number of nitrogens with zero attached hydrogens (tertiary/aromatic N) is 2. The molecule has 0 N–H and O–H groups in total. The van der Waals surface area contributed by atoms with Crippen molar-refractivity contribution < 1.29 is 0 Å². The van der Waals surface area contributed by atoms with E-state index in [4.69, 9.17) is 0 Å². The van der Waals surface area contributed by atoms with Crippen LogP contribution < -0.4 is 4.90 Å². The molecule has 1 aromatic carbocycles. The zero-order valence-electron chi connectivity index (χ0n) is 12.1. The minimum absolute atomic E-state index is 0.613. The maximum absolute atomic E-state index is 3.75. The molecule has 0 aliphatic carbocycles. The fraction of sp³-hybridized carbons (Fsp3) is 0.625. The second kappa shape index (κ2) is 5.98. The highest BCUT2D eigenvalue weighted by molar-refractivity contribution is 9.11. The first-order chi connectivity index (χ1) is 9.56. The number of halogens is 2. The van der Waals surface area contributed by atoms with Gasteiger partial charge in [0.15, 0.2) is 0 Å². The highest BCUT2D eigenvalue weighted by atomic mass is 79.9. The molecule has 3 rings (SSSR count). The molecule has 2 saturated heterocycles. The van der Waals surface area contributed by atoms with Gasteiger partial charge in [-0.3, -0.25) is 4.90 Å². The Labute approximate surface area is 138 Å². The summed E-state index contributed by atoms with van der Waals surface area (Å²) in [6.45, 7) is 8.37. The highest BCUT2D eigenvalue weighted by Gasteiger charge is 2.37. The van der Waals surface area contributed by atoms with E-state index in [1.807, 2.05) is 0 Å². The fourth-order valence-electron chi connectivity index (χ4n) is 3.61. The van der Waals surface area contributed by atoms with Gasteiger partial charge in [0, 0.05) is 34.1 Å². The molecule has 0 saturated carbocycles. The van der Waals surface area contributed by atoms with Crippen molar-refractivity contribution >= 4 is 37.5 Å². The molecule has 2 nitrogen and oxygen atoms in total. The van der Waals surface area contributed by atoms with Crippen molar-refractivity contribution in [2.75, 3.05) is 24.5 Å². The Morgan fingerprint density at radius 1 is 1.20 bits per heavy atom. The molecule has 20 heavy (non-hydrogen) atoms. The monoisotopic (exact) mass is 400 g/mol. The Morgan fingerprint density at radius 3 is 2.70 bits per heavy atom. The van der Waals surface area contributed by atoms with E-state index in [2.05, 4.69) is 73.7 Å². The minimum Gasteiger partial charge on any atom is -0.365 e. The van der Waals surface area contributed by atoms with Crippen LogP contribution in [0, 0.1) is 5.92 Å². The van der Waals surface area contributed by atoms with Crippen LogP contribution in [-0.2, 0) is 0 Å². The van der Waals surface area contributed by atoms with Crippen molar-refractivity contribution in [3.63, 3.8) is 0 Å². The quantitative estimate of drug-likeness (QED) is 0.718. The summed E-state index contributed by atoms with van der Waals surface area (Å²) < 4.78 is 2.33. The Morgan fingerprint density at radius 2 is 2.00 bits per heavy atom. The summed E-state index contributed by atoms with van der Waals surface area (Å²) in [6.07, 6.45) is 2.72. The summed E-state index contributed by atoms with van der Waals surface area (Å²) in [4.78, 5) is 5.33. The number of anilines is 1. The summed E-state index contributed by atoms with van der Waals surface area (Å²) in [5.74, 6) is 0.673. The number of hydrogen-bond donors (Lipinski definition) is 0. The Kier molecular flexibility index (Phi) is 4.44. The van der Waals surface area contributed by atoms with Gasteiger partial charge in [-0.05, 0) is 59.4 Å². The van der Waals surface area contributed by atoms with Crippen molar-refractivity contribution in [3.05, 3.63) is 27.1 Å². The van der Waals surface area contributed by atoms with Crippen molar-refractivity contribution in [3.8, 4) is 0 Å². The first-order valence-corrected chi connectivity index (χ1v) is 9.10. The largest absolute Gasteiger partial charge is 0.365 e. The lowest BCUT2D eigenvalue weighted by Gasteiger charge is -2.47. The molecular formula is C16H22Br2N2. The summed E-state index contributed by atoms with van der Waals surface area (Å²) >= 11 is 7.30. The van der Waals surface area contributed by atoms with Gasteiger partial charge in [0.05, 0.1) is 5.69 Å². The van der Waals surface area contributed by atoms with E-state index < -0.39 is 0 Å². The SMILES string of the molecule is CC(C)C1CN2CCCC2CN1c1ccc(Br)cc1Br. The van der Waals surface area contributed by atoms with Crippen LogP contribution in [-0.4, -0.2) is 36.6 Å². The van der Waals surface area contributed by atoms with E-state index in [-0.39, 0.29) is 0 Å². The molecule has 2 fully saturated rings. The van der Waals surface area contributed by atoms with Crippen molar-refractivity contribution in [1.82, 2.24) is 4.90 Å². The van der Waals surface area contributed by atoms with Crippen LogP contribution in [0.3, 0.4) is 0 Å². The van der Waals surface area contributed by atoms with Gasteiger partial charge in [-0.2, -0.15) is 0 Å². The molecule has 110 valence electrons. The molecule has 2 aliphatic heterocycles. The van der Waals surface area contributed by atoms with E-state index >= 15 is 0 Å². The minimum atomic E-state index is 0.613. The van der Waals surface area contributed by atoms with Crippen LogP contribution >= 0.6 is 31.9 Å². The van der Waals surface area contributed by atoms with Crippen molar-refractivity contribution in [1.29, 1.82) is 0 Å². The summed E-state index contributed by atoms with van der Waals surface area (Å²) in [7, 11) is 0. The molecule has 2 atom stereocenters. The zero-order chi connectivity index (χ0) is 14.3. The van der Waals surface area contributed by atoms with Gasteiger partial charge in [-0.15, -0.1) is 0 Å². The number of fused-ring (bicyclic) bond motifs is 1. The standard InChI is InChI=1S/C16H22Br2N2/c1-11(2)16-10-19-7-3-4-13(19)9-20(16)15-6-5-12(17)8-14(15)18/h5-6,8,11,13,16H,3-4,7,9-10H2,1-2H3. The molecule has 0 amide bonds. The molecule has 2 unspecified atom stereocenters. The second-order valence-electron chi connectivity index (χ2n) is 6.35. The van der Waals surface area contributed by atoms with Gasteiger partial charge in [0.1, 0.15) is 0 Å². The van der Waals surface area contributed by atoms with Crippen LogP contribution in [0.25, 0.3) is 0 Å². The predicted molar refractivity (Wildman–Crippen MR) is 92.4 cm³/mol. The molecule has 0 spiro atoms. The van der Waals surface area contributed by atoms with E-state index in [0.29, 0.717) is 12.0 Å². The Balaban J connectivity index is 1.91. The molecule has 0 radical (unpaired) electrons. The third-order valence-corrected chi connectivity index (χ3v) is 5.85. The first kappa shape index (κ1) is 14.9. The Hall–Kier alpha value is -0.0600. The van der Waals surface area contributed by atoms with Crippen LogP contribution in [0.1, 0.15) is 26.7 Å². The lowest BCUT2D eigenvalue weighted by atomic mass is 9.96. The maximum atomic E-state index is 3.75. The first-order valence-electron chi connectivity index (χ1n) is 7.52. The maximum Gasteiger partial charge on any atom is 0.0515 e. The van der Waals surface area contributed by atoms with Gasteiger partial charge in [0.2, 0.25) is 0 Å². The number of piperazine rings is 1. The van der Waals surface area contributed by atoms with Crippen LogP contribution in [0.15, 0.2) is 27.1 Å². The van der Waals surface area contributed by atoms with Gasteiger partial charge in [-0.1, -0.05) is 29.8 Å². The lowest BCUT2D eigenvalue weighted by molar-refractivity contribution is 0.176. The summed E-state index contributed by atoms with van der Waals surface area (Å²) in [6, 6.07) is 7.92. The second-order valence-corrected chi connectivity index (χ2v) is 8.12. The van der Waals surface area contributed by atoms with Crippen molar-refractivity contribution in [2.45, 2.75) is 38.8 Å². The fourth-order valence-corrected chi connectivity index (χ4v) is 4.88. The van der Waals surface area contributed by atoms with Gasteiger partial charge >= 0.3 is 0 Å². The van der Waals surface area contributed by atoms with E-state index in [9.17, 15) is 0 Å². The number of hydrogen-bond acceptors (Lipinski definition) is 2. The van der Waals surface area contributed by atoms with Gasteiger partial charge in [0.25, 0.3) is 0 Å². The average Bonchev–Trinajstić information content (AvgIpc) is 2.84. The van der Waals surface area contributed by atoms with Crippen molar-refractivity contribution in [2.24, 2.45) is 5.92 Å². The molecule has 1 aromatic rings. The highest BCUT2D eigenvalue weighted by Crippen LogP contribution is 2.36.